The van der Waals surface area contributed by atoms with Gasteiger partial charge in [-0.3, -0.25) is 9.59 Å². The number of Topliss-reactive ketones (excluding diaryl/α,β-unsaturated/α-hetero) is 1. The molecular weight excluding hydrogens is 436 g/mol. The van der Waals surface area contributed by atoms with Crippen LogP contribution < -0.4 is 9.47 Å². The molecule has 1 heterocycles. The zero-order valence-electron chi connectivity index (χ0n) is 16.0. The molecule has 2 unspecified atom stereocenters. The summed E-state index contributed by atoms with van der Waals surface area (Å²) >= 11 is 3.37. The molecule has 1 saturated heterocycles. The number of benzene rings is 2. The number of hydrogen-bond donors (Lipinski definition) is 0. The molecular formula is C22H21BrN2O4. The maximum Gasteiger partial charge on any atom is 0.247 e. The number of amides is 1. The molecule has 29 heavy (non-hydrogen) atoms. The van der Waals surface area contributed by atoms with Crippen molar-refractivity contribution in [2.75, 3.05) is 13.1 Å². The van der Waals surface area contributed by atoms with E-state index in [1.54, 1.807) is 36.1 Å². The van der Waals surface area contributed by atoms with Gasteiger partial charge in [0.05, 0.1) is 6.07 Å². The first-order valence-electron chi connectivity index (χ1n) is 9.40. The van der Waals surface area contributed by atoms with Gasteiger partial charge in [0, 0.05) is 17.6 Å². The van der Waals surface area contributed by atoms with Crippen LogP contribution in [-0.2, 0) is 9.59 Å². The molecule has 0 saturated carbocycles. The lowest BCUT2D eigenvalue weighted by atomic mass is 10.0. The summed E-state index contributed by atoms with van der Waals surface area (Å²) < 4.78 is 12.4. The molecule has 1 fully saturated rings. The molecule has 0 aromatic heterocycles. The summed E-state index contributed by atoms with van der Waals surface area (Å²) in [4.78, 5) is 26.6. The molecule has 150 valence electrons. The molecule has 2 atom stereocenters. The third-order valence-corrected chi connectivity index (χ3v) is 5.19. The Morgan fingerprint density at radius 1 is 1.00 bits per heavy atom. The zero-order valence-corrected chi connectivity index (χ0v) is 17.6. The molecule has 7 heteroatoms. The van der Waals surface area contributed by atoms with Crippen LogP contribution in [0.3, 0.4) is 0 Å². The third kappa shape index (κ3) is 5.36. The summed E-state index contributed by atoms with van der Waals surface area (Å²) in [5.41, 5.74) is 0. The highest BCUT2D eigenvalue weighted by Gasteiger charge is 2.35. The standard InChI is InChI=1S/C22H21BrN2O4/c1-15(21(26)20(14-24)22(27)25-12-2-3-13-25)28-17-8-10-19(11-9-17)29-18-6-4-16(23)5-7-18/h4-11,15,20H,2-3,12-13H2,1H3. The molecule has 2 aromatic rings. The zero-order chi connectivity index (χ0) is 20.8. The fourth-order valence-corrected chi connectivity index (χ4v) is 3.35. The second-order valence-corrected chi connectivity index (χ2v) is 7.70. The molecule has 0 bridgehead atoms. The Hall–Kier alpha value is -2.85. The van der Waals surface area contributed by atoms with Gasteiger partial charge in [0.25, 0.3) is 0 Å². The van der Waals surface area contributed by atoms with E-state index in [4.69, 9.17) is 9.47 Å². The molecule has 0 N–H and O–H groups in total. The number of nitrogens with zero attached hydrogens (tertiary/aromatic N) is 2. The van der Waals surface area contributed by atoms with Crippen molar-refractivity contribution in [2.24, 2.45) is 5.92 Å². The summed E-state index contributed by atoms with van der Waals surface area (Å²) in [5.74, 6) is -0.508. The SMILES string of the molecule is CC(Oc1ccc(Oc2ccc(Br)cc2)cc1)C(=O)C(C#N)C(=O)N1CCCC1. The Kier molecular flexibility index (Phi) is 6.89. The molecule has 3 rings (SSSR count). The quantitative estimate of drug-likeness (QED) is 0.578. The van der Waals surface area contributed by atoms with Crippen LogP contribution in [0.2, 0.25) is 0 Å². The Morgan fingerprint density at radius 2 is 1.52 bits per heavy atom. The van der Waals surface area contributed by atoms with Crippen LogP contribution in [0.5, 0.6) is 17.2 Å². The second-order valence-electron chi connectivity index (χ2n) is 6.78. The predicted octanol–water partition coefficient (Wildman–Crippen LogP) is 4.34. The van der Waals surface area contributed by atoms with Gasteiger partial charge in [-0.1, -0.05) is 15.9 Å². The number of likely N-dealkylation sites (tertiary alicyclic amines) is 1. The molecule has 1 aliphatic heterocycles. The normalized spacial score (nSPS) is 15.3. The maximum absolute atomic E-state index is 12.6. The smallest absolute Gasteiger partial charge is 0.247 e. The maximum atomic E-state index is 12.6. The van der Waals surface area contributed by atoms with E-state index in [9.17, 15) is 14.9 Å². The van der Waals surface area contributed by atoms with Crippen LogP contribution in [0.25, 0.3) is 0 Å². The van der Waals surface area contributed by atoms with E-state index in [2.05, 4.69) is 15.9 Å². The van der Waals surface area contributed by atoms with Crippen molar-refractivity contribution in [1.29, 1.82) is 5.26 Å². The highest BCUT2D eigenvalue weighted by molar-refractivity contribution is 9.10. The molecule has 0 aliphatic carbocycles. The number of halogens is 1. The summed E-state index contributed by atoms with van der Waals surface area (Å²) in [6, 6.07) is 16.1. The van der Waals surface area contributed by atoms with Gasteiger partial charge in [-0.15, -0.1) is 0 Å². The predicted molar refractivity (Wildman–Crippen MR) is 111 cm³/mol. The third-order valence-electron chi connectivity index (χ3n) is 4.66. The van der Waals surface area contributed by atoms with Crippen molar-refractivity contribution in [3.63, 3.8) is 0 Å². The lowest BCUT2D eigenvalue weighted by Crippen LogP contribution is -2.41. The van der Waals surface area contributed by atoms with Gasteiger partial charge >= 0.3 is 0 Å². The molecule has 0 spiro atoms. The van der Waals surface area contributed by atoms with Gasteiger partial charge in [0.15, 0.2) is 17.8 Å². The molecule has 6 nitrogen and oxygen atoms in total. The van der Waals surface area contributed by atoms with Crippen molar-refractivity contribution in [3.8, 4) is 23.3 Å². The summed E-state index contributed by atoms with van der Waals surface area (Å²) in [7, 11) is 0. The number of hydrogen-bond acceptors (Lipinski definition) is 5. The lowest BCUT2D eigenvalue weighted by Gasteiger charge is -2.21. The van der Waals surface area contributed by atoms with Crippen LogP contribution in [0.4, 0.5) is 0 Å². The van der Waals surface area contributed by atoms with Crippen LogP contribution in [0.1, 0.15) is 19.8 Å². The fourth-order valence-electron chi connectivity index (χ4n) is 3.08. The lowest BCUT2D eigenvalue weighted by molar-refractivity contribution is -0.140. The Labute approximate surface area is 178 Å². The van der Waals surface area contributed by atoms with E-state index >= 15 is 0 Å². The first-order valence-corrected chi connectivity index (χ1v) is 10.2. The average Bonchev–Trinajstić information content (AvgIpc) is 3.26. The minimum Gasteiger partial charge on any atom is -0.483 e. The first-order chi connectivity index (χ1) is 14.0. The van der Waals surface area contributed by atoms with E-state index in [0.29, 0.717) is 30.3 Å². The minimum atomic E-state index is -1.33. The van der Waals surface area contributed by atoms with Crippen LogP contribution in [0.15, 0.2) is 53.0 Å². The largest absolute Gasteiger partial charge is 0.483 e. The first kappa shape index (κ1) is 20.9. The number of carbonyl (C=O) groups is 2. The molecule has 2 aromatic carbocycles. The summed E-state index contributed by atoms with van der Waals surface area (Å²) in [6.45, 7) is 2.74. The van der Waals surface area contributed by atoms with Gasteiger partial charge in [-0.05, 0) is 68.3 Å². The average molecular weight is 457 g/mol. The number of nitriles is 1. The van der Waals surface area contributed by atoms with Crippen LogP contribution in [0, 0.1) is 17.2 Å². The van der Waals surface area contributed by atoms with Crippen molar-refractivity contribution in [2.45, 2.75) is 25.9 Å². The molecule has 1 aliphatic rings. The van der Waals surface area contributed by atoms with Gasteiger partial charge in [-0.25, -0.2) is 0 Å². The highest BCUT2D eigenvalue weighted by atomic mass is 79.9. The van der Waals surface area contributed by atoms with Crippen LogP contribution in [-0.4, -0.2) is 35.8 Å². The van der Waals surface area contributed by atoms with Gasteiger partial charge in [-0.2, -0.15) is 5.26 Å². The van der Waals surface area contributed by atoms with Crippen molar-refractivity contribution < 1.29 is 19.1 Å². The number of carbonyl (C=O) groups excluding carboxylic acids is 2. The minimum absolute atomic E-state index is 0.427. The van der Waals surface area contributed by atoms with Crippen molar-refractivity contribution in [3.05, 3.63) is 53.0 Å². The Balaban J connectivity index is 1.59. The fraction of sp³-hybridized carbons (Fsp3) is 0.318. The van der Waals surface area contributed by atoms with E-state index in [1.165, 1.54) is 0 Å². The van der Waals surface area contributed by atoms with E-state index in [1.807, 2.05) is 30.3 Å². The second kappa shape index (κ2) is 9.57. The Morgan fingerprint density at radius 3 is 2.07 bits per heavy atom. The van der Waals surface area contributed by atoms with Gasteiger partial charge in [0.1, 0.15) is 17.2 Å². The number of ether oxygens (including phenoxy) is 2. The van der Waals surface area contributed by atoms with E-state index in [-0.39, 0.29) is 0 Å². The van der Waals surface area contributed by atoms with Crippen molar-refractivity contribution in [1.82, 2.24) is 4.90 Å². The van der Waals surface area contributed by atoms with Crippen LogP contribution >= 0.6 is 15.9 Å². The topological polar surface area (TPSA) is 79.6 Å². The molecule has 0 radical (unpaired) electrons. The van der Waals surface area contributed by atoms with Crippen molar-refractivity contribution >= 4 is 27.6 Å². The highest BCUT2D eigenvalue weighted by Crippen LogP contribution is 2.26. The Bertz CT molecular complexity index is 900. The van der Waals surface area contributed by atoms with E-state index in [0.717, 1.165) is 17.3 Å². The summed E-state index contributed by atoms with van der Waals surface area (Å²) in [5, 5.41) is 9.34. The monoisotopic (exact) mass is 456 g/mol. The number of rotatable bonds is 7. The van der Waals surface area contributed by atoms with E-state index < -0.39 is 23.7 Å². The summed E-state index contributed by atoms with van der Waals surface area (Å²) in [6.07, 6.45) is 0.891. The van der Waals surface area contributed by atoms with Gasteiger partial charge < -0.3 is 14.4 Å². The molecule has 1 amide bonds. The number of ketones is 1. The van der Waals surface area contributed by atoms with Gasteiger partial charge in [0.2, 0.25) is 5.91 Å².